The Balaban J connectivity index is 0.000000172. The van der Waals surface area contributed by atoms with Crippen molar-refractivity contribution in [2.45, 2.75) is 0 Å². The van der Waals surface area contributed by atoms with E-state index in [9.17, 15) is 43.2 Å². The largest absolute Gasteiger partial charge is 0.457 e. The number of imide groups is 4. The maximum atomic E-state index is 13.1. The molecule has 4 heterocycles. The number of rotatable bonds is 15. The van der Waals surface area contributed by atoms with Crippen molar-refractivity contribution in [2.24, 2.45) is 0 Å². The summed E-state index contributed by atoms with van der Waals surface area (Å²) in [5.41, 5.74) is 4.51. The van der Waals surface area contributed by atoms with Crippen LogP contribution in [0.3, 0.4) is 0 Å². The second-order valence-corrected chi connectivity index (χ2v) is 18.2. The molecular formula is C65H40N4O13. The van der Waals surface area contributed by atoms with Crippen LogP contribution in [0.5, 0.6) is 46.0 Å². The fraction of sp³-hybridized carbons (Fsp3) is 0. The molecule has 0 N–H and O–H groups in total. The highest BCUT2D eigenvalue weighted by Crippen LogP contribution is 2.34. The number of carbonyl (C=O) groups is 9. The van der Waals surface area contributed by atoms with Crippen LogP contribution in [0.1, 0.15) is 15.9 Å². The average Bonchev–Trinajstić information content (AvgIpc) is 4.31. The van der Waals surface area contributed by atoms with Gasteiger partial charge in [-0.25, -0.2) is 19.6 Å². The normalized spacial score (nSPS) is 14.3. The van der Waals surface area contributed by atoms with Crippen LogP contribution in [-0.2, 0) is 38.4 Å². The first kappa shape index (κ1) is 52.2. The lowest BCUT2D eigenvalue weighted by Crippen LogP contribution is -2.29. The summed E-state index contributed by atoms with van der Waals surface area (Å²) >= 11 is 0. The molecule has 4 aliphatic heterocycles. The van der Waals surface area contributed by atoms with Gasteiger partial charge in [0.15, 0.2) is 5.78 Å². The van der Waals surface area contributed by atoms with Crippen molar-refractivity contribution in [3.63, 3.8) is 0 Å². The van der Waals surface area contributed by atoms with E-state index in [1.165, 1.54) is 48.6 Å². The zero-order valence-corrected chi connectivity index (χ0v) is 42.7. The summed E-state index contributed by atoms with van der Waals surface area (Å²) in [5, 5.41) is 0. The SMILES string of the molecule is O=C(c1ccc(Oc2cccc(N3C(=O)C=CC3=O)c2)cc1)c1ccc(Oc2cccc(N3C(=O)C=CC3=O)c2)cc1.O=C1C=CC(=O)N1c1cccc(Oc2ccc(-c3ccc(Oc4cccc(N5C(=O)C=CC5=O)c4)cc3)cc2)c1. The number of hydrogen-bond donors (Lipinski definition) is 0. The number of benzene rings is 8. The molecule has 82 heavy (non-hydrogen) atoms. The van der Waals surface area contributed by atoms with E-state index in [0.29, 0.717) is 79.9 Å². The highest BCUT2D eigenvalue weighted by atomic mass is 16.5. The van der Waals surface area contributed by atoms with Crippen LogP contribution in [0, 0.1) is 0 Å². The fourth-order valence-electron chi connectivity index (χ4n) is 8.85. The molecule has 0 aromatic heterocycles. The molecular weight excluding hydrogens is 1040 g/mol. The predicted molar refractivity (Wildman–Crippen MR) is 301 cm³/mol. The van der Waals surface area contributed by atoms with Crippen molar-refractivity contribution in [1.29, 1.82) is 0 Å². The van der Waals surface area contributed by atoms with Gasteiger partial charge in [-0.2, -0.15) is 0 Å². The minimum atomic E-state index is -0.417. The molecule has 398 valence electrons. The van der Waals surface area contributed by atoms with Gasteiger partial charge in [0.2, 0.25) is 0 Å². The van der Waals surface area contributed by atoms with Crippen LogP contribution in [0.25, 0.3) is 11.1 Å². The van der Waals surface area contributed by atoms with Crippen LogP contribution in [0.2, 0.25) is 0 Å². The third-order valence-corrected chi connectivity index (χ3v) is 12.8. The Kier molecular flexibility index (Phi) is 14.4. The van der Waals surface area contributed by atoms with Crippen LogP contribution in [0.4, 0.5) is 22.7 Å². The highest BCUT2D eigenvalue weighted by molar-refractivity contribution is 6.30. The van der Waals surface area contributed by atoms with Gasteiger partial charge in [-0.3, -0.25) is 43.2 Å². The average molecular weight is 1090 g/mol. The van der Waals surface area contributed by atoms with Crippen LogP contribution < -0.4 is 38.5 Å². The van der Waals surface area contributed by atoms with E-state index in [-0.39, 0.29) is 29.4 Å². The van der Waals surface area contributed by atoms with Gasteiger partial charge in [0.1, 0.15) is 46.0 Å². The Hall–Kier alpha value is -11.9. The number of amides is 8. The summed E-state index contributed by atoms with van der Waals surface area (Å²) in [7, 11) is 0. The molecule has 0 saturated carbocycles. The van der Waals surface area contributed by atoms with Crippen LogP contribution in [-0.4, -0.2) is 53.0 Å². The first-order chi connectivity index (χ1) is 39.8. The number of carbonyl (C=O) groups excluding carboxylic acids is 9. The van der Waals surface area contributed by atoms with Gasteiger partial charge in [0.05, 0.1) is 22.7 Å². The second-order valence-electron chi connectivity index (χ2n) is 18.2. The maximum absolute atomic E-state index is 13.1. The van der Waals surface area contributed by atoms with E-state index in [1.54, 1.807) is 146 Å². The van der Waals surface area contributed by atoms with Gasteiger partial charge in [0.25, 0.3) is 47.3 Å². The van der Waals surface area contributed by atoms with Gasteiger partial charge in [-0.1, -0.05) is 48.5 Å². The topological polar surface area (TPSA) is 204 Å². The molecule has 12 rings (SSSR count). The zero-order valence-electron chi connectivity index (χ0n) is 42.7. The van der Waals surface area contributed by atoms with Crippen molar-refractivity contribution in [3.05, 3.63) is 254 Å². The Bertz CT molecular complexity index is 3740. The van der Waals surface area contributed by atoms with Gasteiger partial charge < -0.3 is 18.9 Å². The quantitative estimate of drug-likeness (QED) is 0.0693. The van der Waals surface area contributed by atoms with E-state index >= 15 is 0 Å². The molecule has 17 heteroatoms. The first-order valence-corrected chi connectivity index (χ1v) is 25.1. The molecule has 0 bridgehead atoms. The fourth-order valence-corrected chi connectivity index (χ4v) is 8.85. The Morgan fingerprint density at radius 3 is 0.671 bits per heavy atom. The summed E-state index contributed by atoms with van der Waals surface area (Å²) in [6, 6.07) is 55.0. The molecule has 0 atom stereocenters. The molecule has 17 nitrogen and oxygen atoms in total. The molecule has 0 unspecified atom stereocenters. The first-order valence-electron chi connectivity index (χ1n) is 25.1. The number of ether oxygens (including phenoxy) is 4. The highest BCUT2D eigenvalue weighted by Gasteiger charge is 2.29. The molecule has 4 aliphatic rings. The van der Waals surface area contributed by atoms with Gasteiger partial charge >= 0.3 is 0 Å². The number of nitrogens with zero attached hydrogens (tertiary/aromatic N) is 4. The lowest BCUT2D eigenvalue weighted by Gasteiger charge is -2.15. The summed E-state index contributed by atoms with van der Waals surface area (Å²) in [6.07, 6.45) is 9.82. The summed E-state index contributed by atoms with van der Waals surface area (Å²) in [6.45, 7) is 0. The Labute approximate surface area is 466 Å². The summed E-state index contributed by atoms with van der Waals surface area (Å²) in [5.74, 6) is 0.585. The zero-order chi connectivity index (χ0) is 56.9. The maximum Gasteiger partial charge on any atom is 0.258 e. The van der Waals surface area contributed by atoms with E-state index in [1.807, 2.05) is 48.5 Å². The third-order valence-electron chi connectivity index (χ3n) is 12.8. The standard InChI is InChI=1S/C33H20N2O7.C32H20N2O6/c36-29-15-16-30(37)34(29)23-3-1-5-27(19-23)41-25-11-7-21(8-12-25)33(40)22-9-13-26(14-10-22)42-28-6-2-4-24(20-28)35-31(38)17-18-32(35)39;35-29-15-16-30(36)33(29)23-3-1-5-27(19-23)39-25-11-7-21(8-12-25)22-9-13-26(14-10-22)40-28-6-2-4-24(20-28)34-31(37)17-18-32(34)38/h1-20H;1-20H. The second kappa shape index (κ2) is 22.6. The molecule has 0 saturated heterocycles. The van der Waals surface area contributed by atoms with Crippen molar-refractivity contribution < 1.29 is 62.1 Å². The molecule has 0 aliphatic carbocycles. The molecule has 0 radical (unpaired) electrons. The van der Waals surface area contributed by atoms with Crippen molar-refractivity contribution in [3.8, 4) is 57.1 Å². The molecule has 0 spiro atoms. The van der Waals surface area contributed by atoms with E-state index in [4.69, 9.17) is 18.9 Å². The third kappa shape index (κ3) is 11.4. The lowest BCUT2D eigenvalue weighted by molar-refractivity contribution is -0.121. The van der Waals surface area contributed by atoms with E-state index in [2.05, 4.69) is 0 Å². The van der Waals surface area contributed by atoms with Crippen LogP contribution >= 0.6 is 0 Å². The van der Waals surface area contributed by atoms with Crippen LogP contribution in [0.15, 0.2) is 243 Å². The predicted octanol–water partition coefficient (Wildman–Crippen LogP) is 11.2. The molecule has 8 amide bonds. The number of ketones is 1. The molecule has 8 aromatic rings. The van der Waals surface area contributed by atoms with E-state index < -0.39 is 23.6 Å². The Morgan fingerprint density at radius 1 is 0.244 bits per heavy atom. The minimum absolute atomic E-state index is 0.200. The van der Waals surface area contributed by atoms with Gasteiger partial charge in [-0.05, 0) is 132 Å². The van der Waals surface area contributed by atoms with Gasteiger partial charge in [0, 0.05) is 84.0 Å². The Morgan fingerprint density at radius 2 is 0.451 bits per heavy atom. The molecule has 8 aromatic carbocycles. The smallest absolute Gasteiger partial charge is 0.258 e. The number of anilines is 4. The van der Waals surface area contributed by atoms with E-state index in [0.717, 1.165) is 30.7 Å². The summed E-state index contributed by atoms with van der Waals surface area (Å²) < 4.78 is 23.6. The lowest BCUT2D eigenvalue weighted by atomic mass is 10.0. The number of hydrogen-bond acceptors (Lipinski definition) is 13. The molecule has 0 fully saturated rings. The summed E-state index contributed by atoms with van der Waals surface area (Å²) in [4.78, 5) is 113. The van der Waals surface area contributed by atoms with Crippen molar-refractivity contribution >= 4 is 75.8 Å². The van der Waals surface area contributed by atoms with Crippen molar-refractivity contribution in [1.82, 2.24) is 0 Å². The van der Waals surface area contributed by atoms with Gasteiger partial charge in [-0.15, -0.1) is 0 Å². The van der Waals surface area contributed by atoms with Crippen molar-refractivity contribution in [2.75, 3.05) is 19.6 Å². The monoisotopic (exact) mass is 1080 g/mol. The minimum Gasteiger partial charge on any atom is -0.457 e.